The molecule has 0 saturated heterocycles. The maximum atomic E-state index is 11.5. The number of aromatic nitrogens is 4. The van der Waals surface area contributed by atoms with E-state index in [0.29, 0.717) is 18.3 Å². The third-order valence-corrected chi connectivity index (χ3v) is 5.99. The Morgan fingerprint density at radius 2 is 2.21 bits per heavy atom. The normalized spacial score (nSPS) is 12.5. The molecule has 1 aliphatic carbocycles. The fraction of sp³-hybridized carbons (Fsp3) is 0.429. The van der Waals surface area contributed by atoms with Crippen LogP contribution in [-0.2, 0) is 35.3 Å². The van der Waals surface area contributed by atoms with Gasteiger partial charge in [0.1, 0.15) is 0 Å². The Morgan fingerprint density at radius 3 is 2.90 bits per heavy atom. The zero-order chi connectivity index (χ0) is 20.4. The number of thiazole rings is 1. The minimum absolute atomic E-state index is 0.108. The first kappa shape index (κ1) is 19.7. The first-order valence-corrected chi connectivity index (χ1v) is 10.7. The lowest BCUT2D eigenvalue weighted by Crippen LogP contribution is -2.10. The van der Waals surface area contributed by atoms with Crippen LogP contribution >= 0.6 is 11.3 Å². The van der Waals surface area contributed by atoms with Gasteiger partial charge >= 0.3 is 0 Å². The molecular weight excluding hydrogens is 386 g/mol. The molecule has 3 aromatic rings. The van der Waals surface area contributed by atoms with E-state index in [2.05, 4.69) is 34.3 Å². The Kier molecular flexibility index (Phi) is 5.73. The molecule has 4 rings (SSSR count). The van der Waals surface area contributed by atoms with Gasteiger partial charge in [-0.05, 0) is 31.4 Å². The van der Waals surface area contributed by atoms with Gasteiger partial charge in [0.15, 0.2) is 5.13 Å². The van der Waals surface area contributed by atoms with Gasteiger partial charge < -0.3 is 10.1 Å². The standard InChI is InChI=1S/C21H25N5O2S/c1-4-5-15-7-6-14(12-22-15)18-16-8-9-17-20(29-21(24-17)23-13(2)27)19(16)26(25-18)10-11-28-3/h6-7,12H,4-5,8-11H2,1-3H3,(H,23,24,27). The van der Waals surface area contributed by atoms with Crippen molar-refractivity contribution in [1.82, 2.24) is 19.7 Å². The molecule has 8 heteroatoms. The Balaban J connectivity index is 1.78. The van der Waals surface area contributed by atoms with Crippen molar-refractivity contribution < 1.29 is 9.53 Å². The smallest absolute Gasteiger partial charge is 0.223 e. The predicted molar refractivity (Wildman–Crippen MR) is 114 cm³/mol. The second-order valence-corrected chi connectivity index (χ2v) is 8.16. The summed E-state index contributed by atoms with van der Waals surface area (Å²) in [6.45, 7) is 4.90. The fourth-order valence-electron chi connectivity index (χ4n) is 3.68. The summed E-state index contributed by atoms with van der Waals surface area (Å²) in [5, 5.41) is 8.39. The molecule has 3 heterocycles. The molecule has 0 saturated carbocycles. The van der Waals surface area contributed by atoms with E-state index in [1.54, 1.807) is 7.11 Å². The van der Waals surface area contributed by atoms with Crippen molar-refractivity contribution in [2.45, 2.75) is 46.1 Å². The van der Waals surface area contributed by atoms with Crippen molar-refractivity contribution in [3.63, 3.8) is 0 Å². The summed E-state index contributed by atoms with van der Waals surface area (Å²) in [5.74, 6) is -0.108. The predicted octanol–water partition coefficient (Wildman–Crippen LogP) is 3.72. The topological polar surface area (TPSA) is 81.9 Å². The Morgan fingerprint density at radius 1 is 1.34 bits per heavy atom. The minimum atomic E-state index is -0.108. The first-order valence-electron chi connectivity index (χ1n) is 9.92. The summed E-state index contributed by atoms with van der Waals surface area (Å²) in [5.41, 5.74) is 6.45. The molecule has 0 aliphatic heterocycles. The Bertz CT molecular complexity index is 1020. The van der Waals surface area contributed by atoms with Crippen LogP contribution in [0.5, 0.6) is 0 Å². The zero-order valence-electron chi connectivity index (χ0n) is 17.0. The van der Waals surface area contributed by atoms with Crippen LogP contribution in [0.1, 0.15) is 37.2 Å². The summed E-state index contributed by atoms with van der Waals surface area (Å²) in [7, 11) is 1.69. The van der Waals surface area contributed by atoms with Crippen LogP contribution in [0.2, 0.25) is 0 Å². The van der Waals surface area contributed by atoms with Crippen molar-refractivity contribution in [1.29, 1.82) is 0 Å². The van der Waals surface area contributed by atoms with Gasteiger partial charge in [0.25, 0.3) is 0 Å². The third-order valence-electron chi connectivity index (χ3n) is 4.97. The molecule has 0 bridgehead atoms. The average molecular weight is 412 g/mol. The number of aryl methyl sites for hydroxylation is 2. The lowest BCUT2D eigenvalue weighted by Gasteiger charge is -2.14. The number of fused-ring (bicyclic) bond motifs is 3. The number of anilines is 1. The number of ether oxygens (including phenoxy) is 1. The number of nitrogens with zero attached hydrogens (tertiary/aromatic N) is 4. The highest BCUT2D eigenvalue weighted by atomic mass is 32.1. The average Bonchev–Trinajstić information content (AvgIpc) is 3.27. The van der Waals surface area contributed by atoms with E-state index in [4.69, 9.17) is 9.84 Å². The molecule has 1 N–H and O–H groups in total. The lowest BCUT2D eigenvalue weighted by molar-refractivity contribution is -0.114. The minimum Gasteiger partial charge on any atom is -0.383 e. The second kappa shape index (κ2) is 8.42. The summed E-state index contributed by atoms with van der Waals surface area (Å²) < 4.78 is 7.31. The molecule has 0 atom stereocenters. The maximum Gasteiger partial charge on any atom is 0.223 e. The van der Waals surface area contributed by atoms with E-state index in [9.17, 15) is 4.79 Å². The molecular formula is C21H25N5O2S. The number of carbonyl (C=O) groups is 1. The molecule has 1 aliphatic rings. The van der Waals surface area contributed by atoms with Crippen molar-refractivity contribution in [2.24, 2.45) is 0 Å². The number of methoxy groups -OCH3 is 1. The number of amides is 1. The number of hydrogen-bond donors (Lipinski definition) is 1. The van der Waals surface area contributed by atoms with Crippen LogP contribution in [0.4, 0.5) is 5.13 Å². The lowest BCUT2D eigenvalue weighted by atomic mass is 9.95. The first-order chi connectivity index (χ1) is 14.1. The molecule has 3 aromatic heterocycles. The maximum absolute atomic E-state index is 11.5. The summed E-state index contributed by atoms with van der Waals surface area (Å²) in [6, 6.07) is 4.21. The van der Waals surface area contributed by atoms with Gasteiger partial charge in [0, 0.05) is 37.1 Å². The van der Waals surface area contributed by atoms with Crippen LogP contribution in [0.15, 0.2) is 18.3 Å². The highest BCUT2D eigenvalue weighted by molar-refractivity contribution is 7.19. The zero-order valence-corrected chi connectivity index (χ0v) is 17.8. The van der Waals surface area contributed by atoms with E-state index >= 15 is 0 Å². The molecule has 0 unspecified atom stereocenters. The van der Waals surface area contributed by atoms with Gasteiger partial charge in [0.05, 0.1) is 35.1 Å². The van der Waals surface area contributed by atoms with Crippen molar-refractivity contribution in [3.8, 4) is 21.8 Å². The van der Waals surface area contributed by atoms with Crippen LogP contribution in [0, 0.1) is 0 Å². The van der Waals surface area contributed by atoms with E-state index in [1.807, 2.05) is 10.9 Å². The van der Waals surface area contributed by atoms with E-state index in [1.165, 1.54) is 23.8 Å². The summed E-state index contributed by atoms with van der Waals surface area (Å²) in [4.78, 5) is 21.8. The Labute approximate surface area is 174 Å². The Hall–Kier alpha value is -2.58. The van der Waals surface area contributed by atoms with Gasteiger partial charge in [-0.15, -0.1) is 0 Å². The number of pyridine rings is 1. The van der Waals surface area contributed by atoms with Crippen LogP contribution in [0.3, 0.4) is 0 Å². The van der Waals surface area contributed by atoms with Gasteiger partial charge in [-0.2, -0.15) is 5.10 Å². The number of rotatable bonds is 7. The van der Waals surface area contributed by atoms with Crippen molar-refractivity contribution >= 4 is 22.4 Å². The van der Waals surface area contributed by atoms with Gasteiger partial charge in [-0.1, -0.05) is 24.7 Å². The fourth-order valence-corrected chi connectivity index (χ4v) is 4.82. The van der Waals surface area contributed by atoms with Gasteiger partial charge in [-0.3, -0.25) is 14.5 Å². The van der Waals surface area contributed by atoms with Crippen LogP contribution in [-0.4, -0.2) is 39.4 Å². The van der Waals surface area contributed by atoms with Crippen LogP contribution in [0.25, 0.3) is 21.8 Å². The summed E-state index contributed by atoms with van der Waals surface area (Å²) >= 11 is 1.51. The van der Waals surface area contributed by atoms with E-state index in [-0.39, 0.29) is 5.91 Å². The van der Waals surface area contributed by atoms with Crippen molar-refractivity contribution in [2.75, 3.05) is 19.0 Å². The summed E-state index contributed by atoms with van der Waals surface area (Å²) in [6.07, 6.45) is 5.70. The molecule has 7 nitrogen and oxygen atoms in total. The molecule has 29 heavy (non-hydrogen) atoms. The molecule has 152 valence electrons. The molecule has 0 fully saturated rings. The molecule has 0 radical (unpaired) electrons. The number of carbonyl (C=O) groups excluding carboxylic acids is 1. The number of nitrogens with one attached hydrogen (secondary N) is 1. The monoisotopic (exact) mass is 411 g/mol. The van der Waals surface area contributed by atoms with Gasteiger partial charge in [0.2, 0.25) is 5.91 Å². The number of hydrogen-bond acceptors (Lipinski definition) is 6. The van der Waals surface area contributed by atoms with Gasteiger partial charge in [-0.25, -0.2) is 4.98 Å². The molecule has 1 amide bonds. The second-order valence-electron chi connectivity index (χ2n) is 7.16. The highest BCUT2D eigenvalue weighted by Gasteiger charge is 2.29. The quantitative estimate of drug-likeness (QED) is 0.641. The third kappa shape index (κ3) is 3.95. The van der Waals surface area contributed by atoms with E-state index in [0.717, 1.165) is 58.9 Å². The molecule has 0 aromatic carbocycles. The van der Waals surface area contributed by atoms with Crippen molar-refractivity contribution in [3.05, 3.63) is 35.3 Å². The van der Waals surface area contributed by atoms with E-state index < -0.39 is 0 Å². The highest BCUT2D eigenvalue weighted by Crippen LogP contribution is 2.43. The largest absolute Gasteiger partial charge is 0.383 e. The van der Waals surface area contributed by atoms with Crippen LogP contribution < -0.4 is 5.32 Å². The molecule has 0 spiro atoms. The SMILES string of the molecule is CCCc1ccc(-c2nn(CCOC)c3c2CCc2nc(NC(C)=O)sc2-3)cn1.